The van der Waals surface area contributed by atoms with Crippen molar-refractivity contribution in [3.63, 3.8) is 0 Å². The molecule has 0 saturated heterocycles. The Balaban J connectivity index is 1.51. The minimum absolute atomic E-state index is 0.110. The molecule has 2 aliphatic heterocycles. The largest absolute Gasteiger partial charge is 0.487 e. The SMILES string of the molecule is C[C@@H]1CCC[C@H](O)[C@@H]2CC[C@H]2CN2CCCCc3cc(Cl)ccc3COc3ccc(cc32)C(=O)NS(=O)(=O)C1. The summed E-state index contributed by atoms with van der Waals surface area (Å²) in [6.45, 7) is 3.78. The molecule has 2 heterocycles. The summed E-state index contributed by atoms with van der Waals surface area (Å²) in [5.74, 6) is 0.396. The number of aliphatic hydroxyl groups excluding tert-OH is 1. The number of hydrogen-bond acceptors (Lipinski definition) is 6. The van der Waals surface area contributed by atoms with Gasteiger partial charge in [0.25, 0.3) is 5.91 Å². The van der Waals surface area contributed by atoms with Crippen LogP contribution in [0.5, 0.6) is 5.75 Å². The number of aryl methyl sites for hydroxylation is 1. The van der Waals surface area contributed by atoms with Crippen molar-refractivity contribution in [2.75, 3.05) is 23.7 Å². The number of rotatable bonds is 0. The van der Waals surface area contributed by atoms with Crippen molar-refractivity contribution in [3.8, 4) is 5.75 Å². The summed E-state index contributed by atoms with van der Waals surface area (Å²) in [6.07, 6.45) is 6.63. The molecule has 1 saturated carbocycles. The molecule has 1 fully saturated rings. The summed E-state index contributed by atoms with van der Waals surface area (Å²) in [4.78, 5) is 15.4. The van der Waals surface area contributed by atoms with E-state index < -0.39 is 15.9 Å². The molecular weight excluding hydrogens is 536 g/mol. The number of halogens is 1. The molecule has 4 atom stereocenters. The third-order valence-electron chi connectivity index (χ3n) is 8.61. The first-order valence-electron chi connectivity index (χ1n) is 14.2. The lowest BCUT2D eigenvalue weighted by atomic mass is 9.69. The number of hydrogen-bond donors (Lipinski definition) is 2. The number of benzene rings is 2. The maximum atomic E-state index is 13.1. The van der Waals surface area contributed by atoms with E-state index in [0.717, 1.165) is 62.9 Å². The van der Waals surface area contributed by atoms with Crippen LogP contribution in [0, 0.1) is 17.8 Å². The van der Waals surface area contributed by atoms with Crippen LogP contribution in [-0.4, -0.2) is 44.4 Å². The average molecular weight is 575 g/mol. The Labute approximate surface area is 236 Å². The van der Waals surface area contributed by atoms with Gasteiger partial charge in [0.1, 0.15) is 12.4 Å². The molecule has 7 nitrogen and oxygen atoms in total. The number of carbonyl (C=O) groups excluding carboxylic acids is 1. The number of nitrogens with one attached hydrogen (secondary N) is 1. The van der Waals surface area contributed by atoms with Crippen molar-refractivity contribution < 1.29 is 23.1 Å². The zero-order valence-electron chi connectivity index (χ0n) is 22.6. The highest BCUT2D eigenvalue weighted by atomic mass is 35.5. The number of carbonyl (C=O) groups is 1. The fourth-order valence-electron chi connectivity index (χ4n) is 6.28. The van der Waals surface area contributed by atoms with Crippen molar-refractivity contribution >= 4 is 33.2 Å². The summed E-state index contributed by atoms with van der Waals surface area (Å²) < 4.78 is 34.2. The first-order valence-corrected chi connectivity index (χ1v) is 16.2. The van der Waals surface area contributed by atoms with Gasteiger partial charge in [-0.3, -0.25) is 4.79 Å². The molecule has 0 radical (unpaired) electrons. The van der Waals surface area contributed by atoms with Gasteiger partial charge < -0.3 is 14.7 Å². The van der Waals surface area contributed by atoms with Crippen molar-refractivity contribution in [1.29, 1.82) is 0 Å². The molecule has 1 aliphatic carbocycles. The predicted molar refractivity (Wildman–Crippen MR) is 154 cm³/mol. The van der Waals surface area contributed by atoms with Gasteiger partial charge in [0.2, 0.25) is 10.0 Å². The molecule has 9 heteroatoms. The highest BCUT2D eigenvalue weighted by Gasteiger charge is 2.37. The van der Waals surface area contributed by atoms with Crippen LogP contribution in [0.3, 0.4) is 0 Å². The van der Waals surface area contributed by atoms with Gasteiger partial charge >= 0.3 is 0 Å². The average Bonchev–Trinajstić information content (AvgIpc) is 2.88. The van der Waals surface area contributed by atoms with Gasteiger partial charge in [-0.1, -0.05) is 31.0 Å². The minimum Gasteiger partial charge on any atom is -0.487 e. The molecular formula is C30H39ClN2O5S. The highest BCUT2D eigenvalue weighted by molar-refractivity contribution is 7.90. The molecule has 2 aromatic carbocycles. The number of ether oxygens (including phenoxy) is 1. The highest BCUT2D eigenvalue weighted by Crippen LogP contribution is 2.41. The molecule has 0 unspecified atom stereocenters. The van der Waals surface area contributed by atoms with Crippen molar-refractivity contribution in [2.45, 2.75) is 71.0 Å². The number of amides is 1. The third kappa shape index (κ3) is 6.90. The maximum Gasteiger partial charge on any atom is 0.264 e. The van der Waals surface area contributed by atoms with Crippen LogP contribution in [0.2, 0.25) is 5.02 Å². The molecule has 212 valence electrons. The minimum atomic E-state index is -3.80. The van der Waals surface area contributed by atoms with Gasteiger partial charge in [0.05, 0.1) is 17.5 Å². The second-order valence-corrected chi connectivity index (χ2v) is 13.8. The molecule has 5 rings (SSSR count). The Morgan fingerprint density at radius 3 is 2.67 bits per heavy atom. The summed E-state index contributed by atoms with van der Waals surface area (Å²) >= 11 is 6.29. The Bertz CT molecular complexity index is 1300. The Kier molecular flexibility index (Phi) is 8.74. The van der Waals surface area contributed by atoms with E-state index in [-0.39, 0.29) is 29.3 Å². The summed E-state index contributed by atoms with van der Waals surface area (Å²) in [5.41, 5.74) is 3.34. The zero-order valence-corrected chi connectivity index (χ0v) is 24.1. The first kappa shape index (κ1) is 28.2. The molecule has 1 amide bonds. The van der Waals surface area contributed by atoms with E-state index in [2.05, 4.69) is 9.62 Å². The molecule has 0 spiro atoms. The topological polar surface area (TPSA) is 95.9 Å². The summed E-state index contributed by atoms with van der Waals surface area (Å²) in [6, 6.07) is 11.1. The summed E-state index contributed by atoms with van der Waals surface area (Å²) in [7, 11) is -3.80. The zero-order chi connectivity index (χ0) is 27.6. The number of aliphatic hydroxyl groups is 1. The van der Waals surface area contributed by atoms with Gasteiger partial charge in [-0.15, -0.1) is 0 Å². The molecule has 39 heavy (non-hydrogen) atoms. The quantitative estimate of drug-likeness (QED) is 0.442. The van der Waals surface area contributed by atoms with E-state index in [9.17, 15) is 18.3 Å². The Morgan fingerprint density at radius 2 is 1.87 bits per heavy atom. The normalized spacial score (nSPS) is 28.0. The van der Waals surface area contributed by atoms with Gasteiger partial charge in [0, 0.05) is 23.7 Å². The van der Waals surface area contributed by atoms with Crippen LogP contribution in [0.15, 0.2) is 36.4 Å². The predicted octanol–water partition coefficient (Wildman–Crippen LogP) is 5.33. The van der Waals surface area contributed by atoms with Gasteiger partial charge in [0.15, 0.2) is 0 Å². The summed E-state index contributed by atoms with van der Waals surface area (Å²) in [5, 5.41) is 11.7. The Hall–Kier alpha value is -2.29. The lowest BCUT2D eigenvalue weighted by Crippen LogP contribution is -2.44. The van der Waals surface area contributed by atoms with E-state index in [1.54, 1.807) is 18.2 Å². The van der Waals surface area contributed by atoms with Crippen LogP contribution < -0.4 is 14.4 Å². The molecule has 3 aliphatic rings. The number of fused-ring (bicyclic) bond motifs is 3. The fraction of sp³-hybridized carbons (Fsp3) is 0.567. The molecule has 2 aromatic rings. The molecule has 0 aromatic heterocycles. The number of anilines is 1. The van der Waals surface area contributed by atoms with Gasteiger partial charge in [-0.25, -0.2) is 13.1 Å². The van der Waals surface area contributed by atoms with Crippen LogP contribution in [-0.2, 0) is 23.1 Å². The standard InChI is InChI=1S/C30H39ClN2O5S/c1-20-5-4-7-28(34)26-12-9-23(26)17-33-14-3-2-6-21-15-25(31)11-8-24(21)18-38-29-13-10-22(16-27(29)33)30(35)32-39(36,37)19-20/h8,10-11,13,15-16,20,23,26,28,34H,2-7,9,12,14,17-19H2,1H3,(H,32,35)/t20-,23+,26-,28+/m1/s1. The van der Waals surface area contributed by atoms with Gasteiger partial charge in [-0.2, -0.15) is 0 Å². The monoisotopic (exact) mass is 574 g/mol. The fourth-order valence-corrected chi connectivity index (χ4v) is 7.87. The van der Waals surface area contributed by atoms with E-state index in [1.807, 2.05) is 25.1 Å². The van der Waals surface area contributed by atoms with E-state index in [1.165, 1.54) is 5.56 Å². The first-order chi connectivity index (χ1) is 18.7. The van der Waals surface area contributed by atoms with Crippen molar-refractivity contribution in [1.82, 2.24) is 4.72 Å². The van der Waals surface area contributed by atoms with Crippen LogP contribution in [0.4, 0.5) is 5.69 Å². The second-order valence-electron chi connectivity index (χ2n) is 11.6. The smallest absolute Gasteiger partial charge is 0.264 e. The lowest BCUT2D eigenvalue weighted by molar-refractivity contribution is 0.00898. The van der Waals surface area contributed by atoms with Gasteiger partial charge in [-0.05, 0) is 104 Å². The van der Waals surface area contributed by atoms with Crippen molar-refractivity contribution in [3.05, 3.63) is 58.1 Å². The molecule has 2 N–H and O–H groups in total. The van der Waals surface area contributed by atoms with Crippen LogP contribution in [0.25, 0.3) is 0 Å². The van der Waals surface area contributed by atoms with Crippen molar-refractivity contribution in [2.24, 2.45) is 17.8 Å². The maximum absolute atomic E-state index is 13.1. The third-order valence-corrected chi connectivity index (χ3v) is 10.4. The van der Waals surface area contributed by atoms with E-state index >= 15 is 0 Å². The van der Waals surface area contributed by atoms with E-state index in [0.29, 0.717) is 36.1 Å². The number of nitrogens with zero attached hydrogens (tertiary/aromatic N) is 1. The Morgan fingerprint density at radius 1 is 1.03 bits per heavy atom. The van der Waals surface area contributed by atoms with E-state index in [4.69, 9.17) is 16.3 Å². The second kappa shape index (κ2) is 12.1. The number of sulfonamides is 1. The van der Waals surface area contributed by atoms with Crippen LogP contribution in [0.1, 0.15) is 73.4 Å². The lowest BCUT2D eigenvalue weighted by Gasteiger charge is -2.43. The van der Waals surface area contributed by atoms with Crippen LogP contribution >= 0.6 is 11.6 Å². The molecule has 2 bridgehead atoms.